The number of carbonyl (C=O) groups is 1. The fraction of sp³-hybridized carbons (Fsp3) is 0.500. The fourth-order valence-corrected chi connectivity index (χ4v) is 2.87. The number of rotatable bonds is 3. The van der Waals surface area contributed by atoms with E-state index in [1.807, 2.05) is 11.4 Å². The predicted octanol–water partition coefficient (Wildman–Crippen LogP) is 3.13. The van der Waals surface area contributed by atoms with Crippen molar-refractivity contribution in [3.63, 3.8) is 0 Å². The molecule has 0 aromatic carbocycles. The van der Waals surface area contributed by atoms with Crippen LogP contribution in [-0.2, 0) is 9.53 Å². The minimum absolute atomic E-state index is 0. The highest BCUT2D eigenvalue weighted by atomic mass is 79.9. The summed E-state index contributed by atoms with van der Waals surface area (Å²) in [5, 5.41) is 1.95. The monoisotopic (exact) mass is 327 g/mol. The van der Waals surface area contributed by atoms with Crippen LogP contribution in [0.1, 0.15) is 24.8 Å². The molecule has 1 heterocycles. The molecule has 0 spiro atoms. The Bertz CT molecular complexity index is 367. The normalized spacial score (nSPS) is 12.8. The van der Waals surface area contributed by atoms with Gasteiger partial charge in [-0.3, -0.25) is 4.79 Å². The third-order valence-corrected chi connectivity index (χ3v) is 4.16. The molecular formula is C10H15BrClNO2S. The average Bonchev–Trinajstić information content (AvgIpc) is 2.62. The summed E-state index contributed by atoms with van der Waals surface area (Å²) in [6.07, 6.45) is 0. The number of thiophene rings is 1. The maximum Gasteiger partial charge on any atom is 0.313 e. The molecule has 0 bridgehead atoms. The molecule has 92 valence electrons. The largest absolute Gasteiger partial charge is 0.469 e. The van der Waals surface area contributed by atoms with Crippen LogP contribution in [0.15, 0.2) is 15.9 Å². The van der Waals surface area contributed by atoms with Gasteiger partial charge in [0.15, 0.2) is 0 Å². The SMILES string of the molecule is COC(=O)C(C)(C)[C@H](N)c1cc(Br)cs1.Cl. The van der Waals surface area contributed by atoms with Crippen molar-refractivity contribution < 1.29 is 9.53 Å². The van der Waals surface area contributed by atoms with Crippen molar-refractivity contribution in [1.29, 1.82) is 0 Å². The Morgan fingerprint density at radius 1 is 1.62 bits per heavy atom. The maximum absolute atomic E-state index is 11.5. The fourth-order valence-electron chi connectivity index (χ4n) is 1.24. The van der Waals surface area contributed by atoms with Gasteiger partial charge in [0.05, 0.1) is 18.6 Å². The van der Waals surface area contributed by atoms with Gasteiger partial charge in [-0.1, -0.05) is 0 Å². The molecule has 1 aromatic heterocycles. The second-order valence-corrected chi connectivity index (χ2v) is 5.72. The van der Waals surface area contributed by atoms with Crippen molar-refractivity contribution in [1.82, 2.24) is 0 Å². The molecule has 0 aliphatic heterocycles. The van der Waals surface area contributed by atoms with E-state index in [1.54, 1.807) is 13.8 Å². The molecule has 1 rings (SSSR count). The molecule has 1 aromatic rings. The van der Waals surface area contributed by atoms with Crippen LogP contribution in [0.3, 0.4) is 0 Å². The van der Waals surface area contributed by atoms with Gasteiger partial charge in [-0.15, -0.1) is 23.7 Å². The van der Waals surface area contributed by atoms with E-state index in [1.165, 1.54) is 18.4 Å². The van der Waals surface area contributed by atoms with E-state index >= 15 is 0 Å². The number of hydrogen-bond acceptors (Lipinski definition) is 4. The van der Waals surface area contributed by atoms with E-state index < -0.39 is 5.41 Å². The predicted molar refractivity (Wildman–Crippen MR) is 72.0 cm³/mol. The number of ether oxygens (including phenoxy) is 1. The molecule has 0 aliphatic carbocycles. The van der Waals surface area contributed by atoms with Gasteiger partial charge in [0.2, 0.25) is 0 Å². The van der Waals surface area contributed by atoms with Crippen LogP contribution in [-0.4, -0.2) is 13.1 Å². The van der Waals surface area contributed by atoms with E-state index in [4.69, 9.17) is 10.5 Å². The van der Waals surface area contributed by atoms with E-state index in [0.717, 1.165) is 9.35 Å². The molecule has 3 nitrogen and oxygen atoms in total. The van der Waals surface area contributed by atoms with Gasteiger partial charge in [0, 0.05) is 14.7 Å². The number of esters is 1. The molecule has 2 N–H and O–H groups in total. The third kappa shape index (κ3) is 3.20. The second kappa shape index (κ2) is 6.00. The summed E-state index contributed by atoms with van der Waals surface area (Å²) >= 11 is 4.89. The van der Waals surface area contributed by atoms with Gasteiger partial charge in [-0.05, 0) is 35.8 Å². The molecule has 0 saturated carbocycles. The van der Waals surface area contributed by atoms with Crippen molar-refractivity contribution in [2.45, 2.75) is 19.9 Å². The highest BCUT2D eigenvalue weighted by molar-refractivity contribution is 9.10. The molecule has 0 aliphatic rings. The molecule has 1 atom stereocenters. The minimum atomic E-state index is -0.709. The summed E-state index contributed by atoms with van der Waals surface area (Å²) in [5.41, 5.74) is 5.34. The van der Waals surface area contributed by atoms with E-state index in [2.05, 4.69) is 15.9 Å². The lowest BCUT2D eigenvalue weighted by Gasteiger charge is -2.27. The van der Waals surface area contributed by atoms with Crippen molar-refractivity contribution >= 4 is 45.6 Å². The molecule has 0 amide bonds. The average molecular weight is 329 g/mol. The van der Waals surface area contributed by atoms with Crippen LogP contribution < -0.4 is 5.73 Å². The molecule has 16 heavy (non-hydrogen) atoms. The van der Waals surface area contributed by atoms with E-state index in [0.29, 0.717) is 0 Å². The number of halogens is 2. The lowest BCUT2D eigenvalue weighted by molar-refractivity contribution is -0.152. The first-order valence-electron chi connectivity index (χ1n) is 4.47. The van der Waals surface area contributed by atoms with Crippen molar-refractivity contribution in [2.24, 2.45) is 11.1 Å². The zero-order valence-electron chi connectivity index (χ0n) is 9.32. The van der Waals surface area contributed by atoms with Crippen LogP contribution in [0.5, 0.6) is 0 Å². The van der Waals surface area contributed by atoms with E-state index in [-0.39, 0.29) is 24.4 Å². The minimum Gasteiger partial charge on any atom is -0.469 e. The first-order chi connectivity index (χ1) is 6.89. The highest BCUT2D eigenvalue weighted by Gasteiger charge is 2.37. The van der Waals surface area contributed by atoms with Crippen molar-refractivity contribution in [3.8, 4) is 0 Å². The third-order valence-electron chi connectivity index (χ3n) is 2.38. The topological polar surface area (TPSA) is 52.3 Å². The van der Waals surface area contributed by atoms with Gasteiger partial charge in [-0.2, -0.15) is 0 Å². The summed E-state index contributed by atoms with van der Waals surface area (Å²) in [6.45, 7) is 3.58. The maximum atomic E-state index is 11.5. The van der Waals surface area contributed by atoms with Gasteiger partial charge in [0.1, 0.15) is 0 Å². The number of carbonyl (C=O) groups excluding carboxylic acids is 1. The Morgan fingerprint density at radius 2 is 2.19 bits per heavy atom. The lowest BCUT2D eigenvalue weighted by atomic mass is 9.84. The van der Waals surface area contributed by atoms with Gasteiger partial charge in [0.25, 0.3) is 0 Å². The zero-order valence-corrected chi connectivity index (χ0v) is 12.5. The lowest BCUT2D eigenvalue weighted by Crippen LogP contribution is -2.36. The molecule has 0 unspecified atom stereocenters. The first-order valence-corrected chi connectivity index (χ1v) is 6.14. The van der Waals surface area contributed by atoms with E-state index in [9.17, 15) is 4.79 Å². The van der Waals surface area contributed by atoms with Gasteiger partial charge < -0.3 is 10.5 Å². The first kappa shape index (κ1) is 15.9. The summed E-state index contributed by atoms with van der Waals surface area (Å²) in [4.78, 5) is 12.5. The Labute approximate surface area is 114 Å². The zero-order chi connectivity index (χ0) is 11.6. The van der Waals surface area contributed by atoms with Crippen LogP contribution in [0.25, 0.3) is 0 Å². The second-order valence-electron chi connectivity index (χ2n) is 3.86. The quantitative estimate of drug-likeness (QED) is 0.867. The molecule has 0 saturated heterocycles. The smallest absolute Gasteiger partial charge is 0.313 e. The van der Waals surface area contributed by atoms with Gasteiger partial charge >= 0.3 is 5.97 Å². The summed E-state index contributed by atoms with van der Waals surface area (Å²) in [7, 11) is 1.38. The molecule has 0 fully saturated rings. The Morgan fingerprint density at radius 3 is 2.56 bits per heavy atom. The van der Waals surface area contributed by atoms with Gasteiger partial charge in [-0.25, -0.2) is 0 Å². The van der Waals surface area contributed by atoms with Crippen molar-refractivity contribution in [2.75, 3.05) is 7.11 Å². The van der Waals surface area contributed by atoms with Crippen LogP contribution >= 0.6 is 39.7 Å². The molecule has 0 radical (unpaired) electrons. The van der Waals surface area contributed by atoms with Crippen LogP contribution in [0, 0.1) is 5.41 Å². The number of nitrogens with two attached hydrogens (primary N) is 1. The number of hydrogen-bond donors (Lipinski definition) is 1. The molecular weight excluding hydrogens is 314 g/mol. The highest BCUT2D eigenvalue weighted by Crippen LogP contribution is 2.36. The van der Waals surface area contributed by atoms with Crippen molar-refractivity contribution in [3.05, 3.63) is 20.8 Å². The summed E-state index contributed by atoms with van der Waals surface area (Å²) in [5.74, 6) is -0.292. The Hall–Kier alpha value is -0.100. The summed E-state index contributed by atoms with van der Waals surface area (Å²) in [6, 6.07) is 1.58. The molecule has 6 heteroatoms. The number of methoxy groups -OCH3 is 1. The van der Waals surface area contributed by atoms with Crippen LogP contribution in [0.4, 0.5) is 0 Å². The Kier molecular flexibility index (Phi) is 5.96. The summed E-state index contributed by atoms with van der Waals surface area (Å²) < 4.78 is 5.72. The Balaban J connectivity index is 0.00000225. The standard InChI is InChI=1S/C10H14BrNO2S.ClH/c1-10(2,9(13)14-3)8(12)7-4-6(11)5-15-7;/h4-5,8H,12H2,1-3H3;1H/t8-;/m1./s1. The van der Waals surface area contributed by atoms with Crippen LogP contribution in [0.2, 0.25) is 0 Å².